The summed E-state index contributed by atoms with van der Waals surface area (Å²) in [6.07, 6.45) is 0.493. The molecule has 1 heterocycles. The van der Waals surface area contributed by atoms with Crippen molar-refractivity contribution in [1.82, 2.24) is 10.4 Å². The number of amides is 1. The summed E-state index contributed by atoms with van der Waals surface area (Å²) in [7, 11) is 0. The highest BCUT2D eigenvalue weighted by Crippen LogP contribution is 2.40. The molecule has 29 heavy (non-hydrogen) atoms. The molecule has 2 aromatic rings. The summed E-state index contributed by atoms with van der Waals surface area (Å²) < 4.78 is 47.3. The quantitative estimate of drug-likeness (QED) is 0.584. The van der Waals surface area contributed by atoms with E-state index in [4.69, 9.17) is 22.7 Å². The lowest BCUT2D eigenvalue weighted by atomic mass is 9.87. The van der Waals surface area contributed by atoms with E-state index in [2.05, 4.69) is 5.43 Å². The van der Waals surface area contributed by atoms with Gasteiger partial charge in [0.05, 0.1) is 12.6 Å². The van der Waals surface area contributed by atoms with Gasteiger partial charge in [-0.25, -0.2) is 18.2 Å². The SMILES string of the molecule is CC(=O)N(NC(=S)c1cc(F)ccc1F)C1c2cc(F)ccc2OCC1CCN. The van der Waals surface area contributed by atoms with Crippen molar-refractivity contribution in [2.24, 2.45) is 11.7 Å². The highest BCUT2D eigenvalue weighted by molar-refractivity contribution is 7.80. The van der Waals surface area contributed by atoms with Crippen molar-refractivity contribution in [3.8, 4) is 5.75 Å². The molecule has 0 bridgehead atoms. The van der Waals surface area contributed by atoms with Crippen LogP contribution in [-0.4, -0.2) is 29.1 Å². The monoisotopic (exact) mass is 423 g/mol. The van der Waals surface area contributed by atoms with Gasteiger partial charge in [-0.3, -0.25) is 10.2 Å². The molecule has 2 unspecified atom stereocenters. The molecule has 0 saturated carbocycles. The van der Waals surface area contributed by atoms with Crippen LogP contribution in [0.15, 0.2) is 36.4 Å². The maximum Gasteiger partial charge on any atom is 0.238 e. The summed E-state index contributed by atoms with van der Waals surface area (Å²) in [5, 5.41) is 1.20. The van der Waals surface area contributed by atoms with Gasteiger partial charge in [0, 0.05) is 24.0 Å². The van der Waals surface area contributed by atoms with Crippen LogP contribution in [0.2, 0.25) is 0 Å². The highest BCUT2D eigenvalue weighted by Gasteiger charge is 2.37. The predicted molar refractivity (Wildman–Crippen MR) is 106 cm³/mol. The van der Waals surface area contributed by atoms with E-state index in [-0.39, 0.29) is 23.1 Å². The van der Waals surface area contributed by atoms with Crippen molar-refractivity contribution in [3.05, 3.63) is 65.0 Å². The molecular weight excluding hydrogens is 403 g/mol. The number of carbonyl (C=O) groups is 1. The molecule has 2 aromatic carbocycles. The second-order valence-electron chi connectivity index (χ2n) is 6.73. The molecule has 0 aliphatic carbocycles. The van der Waals surface area contributed by atoms with Gasteiger partial charge >= 0.3 is 0 Å². The number of thiocarbonyl (C=S) groups is 1. The minimum Gasteiger partial charge on any atom is -0.493 e. The first kappa shape index (κ1) is 21.1. The Balaban J connectivity index is 2.00. The third-order valence-electron chi connectivity index (χ3n) is 4.74. The molecular formula is C20H20F3N3O2S. The van der Waals surface area contributed by atoms with Crippen LogP contribution < -0.4 is 15.9 Å². The van der Waals surface area contributed by atoms with E-state index in [1.54, 1.807) is 0 Å². The number of hydrogen-bond acceptors (Lipinski definition) is 4. The lowest BCUT2D eigenvalue weighted by molar-refractivity contribution is -0.135. The zero-order valence-electron chi connectivity index (χ0n) is 15.6. The third kappa shape index (κ3) is 4.51. The summed E-state index contributed by atoms with van der Waals surface area (Å²) in [6, 6.07) is 6.23. The number of halogens is 3. The first-order chi connectivity index (χ1) is 13.8. The van der Waals surface area contributed by atoms with Gasteiger partial charge in [-0.1, -0.05) is 12.2 Å². The highest BCUT2D eigenvalue weighted by atomic mass is 32.1. The van der Waals surface area contributed by atoms with Crippen LogP contribution in [0.4, 0.5) is 13.2 Å². The average Bonchev–Trinajstić information content (AvgIpc) is 2.68. The van der Waals surface area contributed by atoms with E-state index in [1.807, 2.05) is 0 Å². The minimum absolute atomic E-state index is 0.173. The van der Waals surface area contributed by atoms with Gasteiger partial charge in [0.2, 0.25) is 5.91 Å². The molecule has 3 N–H and O–H groups in total. The van der Waals surface area contributed by atoms with Crippen molar-refractivity contribution in [3.63, 3.8) is 0 Å². The molecule has 0 fully saturated rings. The molecule has 1 aliphatic heterocycles. The van der Waals surface area contributed by atoms with E-state index in [0.29, 0.717) is 24.3 Å². The predicted octanol–water partition coefficient (Wildman–Crippen LogP) is 3.23. The fraction of sp³-hybridized carbons (Fsp3) is 0.300. The number of rotatable bonds is 4. The average molecular weight is 423 g/mol. The van der Waals surface area contributed by atoms with E-state index in [0.717, 1.165) is 18.2 Å². The van der Waals surface area contributed by atoms with Crippen LogP contribution in [0, 0.1) is 23.4 Å². The molecule has 0 spiro atoms. The molecule has 2 atom stereocenters. The standard InChI is InChI=1S/C20H20F3N3O2S/c1-11(27)26(25-20(29)15-8-13(21)2-4-17(15)23)19-12(6-7-24)10-28-18-5-3-14(22)9-16(18)19/h2-5,8-9,12,19H,6-7,10,24H2,1H3,(H,25,29). The van der Waals surface area contributed by atoms with Gasteiger partial charge in [0.1, 0.15) is 28.2 Å². The number of ether oxygens (including phenoxy) is 1. The van der Waals surface area contributed by atoms with Crippen molar-refractivity contribution < 1.29 is 22.7 Å². The van der Waals surface area contributed by atoms with Crippen LogP contribution in [0.1, 0.15) is 30.5 Å². The first-order valence-electron chi connectivity index (χ1n) is 9.00. The third-order valence-corrected chi connectivity index (χ3v) is 5.05. The van der Waals surface area contributed by atoms with Crippen LogP contribution in [0.25, 0.3) is 0 Å². The number of hydrazine groups is 1. The van der Waals surface area contributed by atoms with Gasteiger partial charge in [0.15, 0.2) is 0 Å². The minimum atomic E-state index is -0.732. The Labute approximate surface area is 171 Å². The number of nitrogens with zero attached hydrogens (tertiary/aromatic N) is 1. The maximum absolute atomic E-state index is 14.1. The second-order valence-corrected chi connectivity index (χ2v) is 7.14. The molecule has 5 nitrogen and oxygen atoms in total. The molecule has 0 saturated heterocycles. The number of fused-ring (bicyclic) bond motifs is 1. The molecule has 9 heteroatoms. The van der Waals surface area contributed by atoms with Crippen LogP contribution in [-0.2, 0) is 4.79 Å². The Kier molecular flexibility index (Phi) is 6.39. The Bertz CT molecular complexity index is 941. The Morgan fingerprint density at radius 1 is 1.24 bits per heavy atom. The molecule has 0 aromatic heterocycles. The summed E-state index contributed by atoms with van der Waals surface area (Å²) in [6.45, 7) is 1.88. The lowest BCUT2D eigenvalue weighted by Gasteiger charge is -2.40. The summed E-state index contributed by atoms with van der Waals surface area (Å²) in [5.74, 6) is -2.16. The molecule has 0 radical (unpaired) electrons. The normalized spacial score (nSPS) is 17.8. The van der Waals surface area contributed by atoms with Gasteiger partial charge in [-0.2, -0.15) is 0 Å². The van der Waals surface area contributed by atoms with Crippen LogP contribution in [0.3, 0.4) is 0 Å². The molecule has 1 amide bonds. The topological polar surface area (TPSA) is 67.6 Å². The Morgan fingerprint density at radius 2 is 1.93 bits per heavy atom. The fourth-order valence-electron chi connectivity index (χ4n) is 3.41. The fourth-order valence-corrected chi connectivity index (χ4v) is 3.67. The molecule has 3 rings (SSSR count). The van der Waals surface area contributed by atoms with E-state index in [9.17, 15) is 18.0 Å². The van der Waals surface area contributed by atoms with E-state index in [1.165, 1.54) is 30.1 Å². The van der Waals surface area contributed by atoms with E-state index < -0.39 is 29.4 Å². The van der Waals surface area contributed by atoms with Gasteiger partial charge in [0.25, 0.3) is 0 Å². The Morgan fingerprint density at radius 3 is 2.62 bits per heavy atom. The summed E-state index contributed by atoms with van der Waals surface area (Å²) in [5.41, 5.74) is 8.67. The summed E-state index contributed by atoms with van der Waals surface area (Å²) >= 11 is 5.22. The number of carbonyl (C=O) groups excluding carboxylic acids is 1. The largest absolute Gasteiger partial charge is 0.493 e. The lowest BCUT2D eigenvalue weighted by Crippen LogP contribution is -2.51. The van der Waals surface area contributed by atoms with Gasteiger partial charge in [-0.05, 0) is 49.4 Å². The van der Waals surface area contributed by atoms with Crippen molar-refractivity contribution >= 4 is 23.1 Å². The first-order valence-corrected chi connectivity index (χ1v) is 9.40. The molecule has 1 aliphatic rings. The maximum atomic E-state index is 14.1. The number of benzene rings is 2. The Hall–Kier alpha value is -2.65. The van der Waals surface area contributed by atoms with Crippen LogP contribution >= 0.6 is 12.2 Å². The van der Waals surface area contributed by atoms with Crippen molar-refractivity contribution in [1.29, 1.82) is 0 Å². The van der Waals surface area contributed by atoms with Crippen molar-refractivity contribution in [2.45, 2.75) is 19.4 Å². The zero-order chi connectivity index (χ0) is 21.1. The van der Waals surface area contributed by atoms with Crippen molar-refractivity contribution in [2.75, 3.05) is 13.2 Å². The summed E-state index contributed by atoms with van der Waals surface area (Å²) in [4.78, 5) is 12.3. The zero-order valence-corrected chi connectivity index (χ0v) is 16.4. The van der Waals surface area contributed by atoms with E-state index >= 15 is 0 Å². The van der Waals surface area contributed by atoms with Crippen LogP contribution in [0.5, 0.6) is 5.75 Å². The van der Waals surface area contributed by atoms with Gasteiger partial charge in [-0.15, -0.1) is 0 Å². The second kappa shape index (κ2) is 8.79. The number of nitrogens with two attached hydrogens (primary N) is 1. The number of hydrogen-bond donors (Lipinski definition) is 2. The number of nitrogens with one attached hydrogen (secondary N) is 1. The molecule has 154 valence electrons. The van der Waals surface area contributed by atoms with Gasteiger partial charge < -0.3 is 10.5 Å². The smallest absolute Gasteiger partial charge is 0.238 e.